The van der Waals surface area contributed by atoms with E-state index in [0.717, 1.165) is 32.0 Å². The summed E-state index contributed by atoms with van der Waals surface area (Å²) in [7, 11) is 0. The summed E-state index contributed by atoms with van der Waals surface area (Å²) in [5, 5.41) is 7.14. The van der Waals surface area contributed by atoms with Crippen molar-refractivity contribution in [2.24, 2.45) is 11.3 Å². The molecule has 2 nitrogen and oxygen atoms in total. The third-order valence-electron chi connectivity index (χ3n) is 4.72. The van der Waals surface area contributed by atoms with Gasteiger partial charge in [-0.05, 0) is 24.3 Å². The Hall–Kier alpha value is -1.12. The highest BCUT2D eigenvalue weighted by molar-refractivity contribution is 5.54. The number of hydrogen-bond acceptors (Lipinski definition) is 2. The summed E-state index contributed by atoms with van der Waals surface area (Å²) < 4.78 is 0. The van der Waals surface area contributed by atoms with E-state index in [1.54, 1.807) is 5.57 Å². The molecule has 2 heteroatoms. The molecule has 20 heavy (non-hydrogen) atoms. The van der Waals surface area contributed by atoms with Crippen molar-refractivity contribution < 1.29 is 0 Å². The zero-order valence-corrected chi connectivity index (χ0v) is 12.7. The molecule has 1 aromatic rings. The third kappa shape index (κ3) is 3.13. The van der Waals surface area contributed by atoms with E-state index in [9.17, 15) is 0 Å². The van der Waals surface area contributed by atoms with Crippen molar-refractivity contribution >= 4 is 6.08 Å². The lowest BCUT2D eigenvalue weighted by Gasteiger charge is -2.39. The first-order valence-corrected chi connectivity index (χ1v) is 7.90. The second-order valence-electron chi connectivity index (χ2n) is 6.73. The summed E-state index contributed by atoms with van der Waals surface area (Å²) in [4.78, 5) is 0. The van der Waals surface area contributed by atoms with Gasteiger partial charge >= 0.3 is 0 Å². The number of benzene rings is 1. The van der Waals surface area contributed by atoms with Crippen LogP contribution in [0.15, 0.2) is 35.9 Å². The predicted octanol–water partition coefficient (Wildman–Crippen LogP) is 3.07. The fourth-order valence-corrected chi connectivity index (χ4v) is 3.12. The lowest BCUT2D eigenvalue weighted by Crippen LogP contribution is -2.56. The molecule has 0 aromatic heterocycles. The van der Waals surface area contributed by atoms with Gasteiger partial charge in [0, 0.05) is 31.1 Å². The van der Waals surface area contributed by atoms with Crippen molar-refractivity contribution in [3.63, 3.8) is 0 Å². The highest BCUT2D eigenvalue weighted by atomic mass is 15.1. The second kappa shape index (κ2) is 5.71. The van der Waals surface area contributed by atoms with Crippen LogP contribution in [0.2, 0.25) is 0 Å². The molecule has 2 aliphatic rings. The molecule has 1 saturated carbocycles. The maximum atomic E-state index is 3.77. The summed E-state index contributed by atoms with van der Waals surface area (Å²) >= 11 is 0. The van der Waals surface area contributed by atoms with Crippen LogP contribution in [0.4, 0.5) is 0 Å². The van der Waals surface area contributed by atoms with Crippen molar-refractivity contribution in [1.29, 1.82) is 0 Å². The van der Waals surface area contributed by atoms with Gasteiger partial charge in [-0.3, -0.25) is 0 Å². The van der Waals surface area contributed by atoms with Crippen LogP contribution in [0.1, 0.15) is 32.3 Å². The van der Waals surface area contributed by atoms with Crippen molar-refractivity contribution in [1.82, 2.24) is 10.6 Å². The van der Waals surface area contributed by atoms with Crippen LogP contribution in [-0.2, 0) is 0 Å². The van der Waals surface area contributed by atoms with Gasteiger partial charge in [-0.1, -0.05) is 55.8 Å². The van der Waals surface area contributed by atoms with Gasteiger partial charge in [0.1, 0.15) is 0 Å². The predicted molar refractivity (Wildman–Crippen MR) is 85.6 cm³/mol. The van der Waals surface area contributed by atoms with Gasteiger partial charge in [0.05, 0.1) is 0 Å². The zero-order valence-electron chi connectivity index (χ0n) is 12.7. The number of hydrogen-bond donors (Lipinski definition) is 2. The van der Waals surface area contributed by atoms with Crippen molar-refractivity contribution in [2.45, 2.75) is 32.7 Å². The molecule has 108 valence electrons. The Morgan fingerprint density at radius 2 is 2.10 bits per heavy atom. The Bertz CT molecular complexity index is 473. The fourth-order valence-electron chi connectivity index (χ4n) is 3.12. The Balaban J connectivity index is 1.55. The molecule has 0 spiro atoms. The molecule has 0 unspecified atom stereocenters. The molecule has 2 fully saturated rings. The van der Waals surface area contributed by atoms with Gasteiger partial charge in [0.25, 0.3) is 0 Å². The Morgan fingerprint density at radius 3 is 2.70 bits per heavy atom. The second-order valence-corrected chi connectivity index (χ2v) is 6.73. The number of nitrogens with one attached hydrogen (secondary N) is 2. The average molecular weight is 270 g/mol. The molecule has 1 saturated heterocycles. The monoisotopic (exact) mass is 270 g/mol. The van der Waals surface area contributed by atoms with Crippen LogP contribution < -0.4 is 10.6 Å². The lowest BCUT2D eigenvalue weighted by atomic mass is 9.84. The van der Waals surface area contributed by atoms with Gasteiger partial charge in [-0.2, -0.15) is 0 Å². The van der Waals surface area contributed by atoms with E-state index in [2.05, 4.69) is 60.9 Å². The van der Waals surface area contributed by atoms with Gasteiger partial charge < -0.3 is 10.6 Å². The zero-order chi connectivity index (χ0) is 14.0. The highest BCUT2D eigenvalue weighted by Gasteiger charge is 2.41. The summed E-state index contributed by atoms with van der Waals surface area (Å²) in [5.41, 5.74) is 3.43. The molecule has 2 atom stereocenters. The first-order chi connectivity index (χ1) is 9.70. The largest absolute Gasteiger partial charge is 0.315 e. The number of rotatable bonds is 6. The minimum absolute atomic E-state index is 0.489. The van der Waals surface area contributed by atoms with E-state index in [0.29, 0.717) is 11.5 Å². The summed E-state index contributed by atoms with van der Waals surface area (Å²) in [6.07, 6.45) is 4.87. The summed E-state index contributed by atoms with van der Waals surface area (Å²) in [6, 6.07) is 11.4. The standard InChI is InChI=1S/C18H26N2/c1-3-15(9-14-7-5-4-6-8-14)16-10-17(16)20-13-18(2)11-19-12-18/h4-9,16-17,19-20H,3,10-13H2,1-2H3/b15-9+/t16-,17+/m0/s1. The van der Waals surface area contributed by atoms with E-state index in [4.69, 9.17) is 0 Å². The molecular weight excluding hydrogens is 244 g/mol. The van der Waals surface area contributed by atoms with Crippen LogP contribution in [0, 0.1) is 11.3 Å². The summed E-state index contributed by atoms with van der Waals surface area (Å²) in [5.74, 6) is 0.761. The van der Waals surface area contributed by atoms with Crippen molar-refractivity contribution in [3.05, 3.63) is 41.5 Å². The van der Waals surface area contributed by atoms with E-state index < -0.39 is 0 Å². The normalized spacial score (nSPS) is 28.0. The van der Waals surface area contributed by atoms with Gasteiger partial charge in [-0.25, -0.2) is 0 Å². The quantitative estimate of drug-likeness (QED) is 0.830. The molecule has 1 aliphatic heterocycles. The SMILES string of the molecule is CC/C(=C\c1ccccc1)[C@@H]1C[C@H]1NCC1(C)CNC1. The van der Waals surface area contributed by atoms with E-state index in [1.165, 1.54) is 12.0 Å². The fraction of sp³-hybridized carbons (Fsp3) is 0.556. The Kier molecular flexibility index (Phi) is 3.95. The molecule has 0 radical (unpaired) electrons. The molecular formula is C18H26N2. The van der Waals surface area contributed by atoms with Crippen LogP contribution >= 0.6 is 0 Å². The van der Waals surface area contributed by atoms with Crippen molar-refractivity contribution in [2.75, 3.05) is 19.6 Å². The molecule has 0 amide bonds. The first-order valence-electron chi connectivity index (χ1n) is 7.90. The Labute approximate surface area is 122 Å². The van der Waals surface area contributed by atoms with Gasteiger partial charge in [0.2, 0.25) is 0 Å². The molecule has 0 bridgehead atoms. The lowest BCUT2D eigenvalue weighted by molar-refractivity contribution is 0.188. The molecule has 1 aliphatic carbocycles. The highest BCUT2D eigenvalue weighted by Crippen LogP contribution is 2.40. The van der Waals surface area contributed by atoms with Crippen molar-refractivity contribution in [3.8, 4) is 0 Å². The maximum Gasteiger partial charge on any atom is 0.0140 e. The average Bonchev–Trinajstić information content (AvgIpc) is 3.21. The third-order valence-corrected chi connectivity index (χ3v) is 4.72. The van der Waals surface area contributed by atoms with Crippen LogP contribution in [0.3, 0.4) is 0 Å². The first kappa shape index (κ1) is 13.8. The van der Waals surface area contributed by atoms with Crippen LogP contribution in [0.5, 0.6) is 0 Å². The van der Waals surface area contributed by atoms with E-state index in [1.807, 2.05) is 0 Å². The minimum atomic E-state index is 0.489. The maximum absolute atomic E-state index is 3.77. The molecule has 2 N–H and O–H groups in total. The van der Waals surface area contributed by atoms with Crippen LogP contribution in [0.25, 0.3) is 6.08 Å². The Morgan fingerprint density at radius 1 is 1.35 bits per heavy atom. The van der Waals surface area contributed by atoms with Gasteiger partial charge in [0.15, 0.2) is 0 Å². The molecule has 3 rings (SSSR count). The summed E-state index contributed by atoms with van der Waals surface area (Å²) in [6.45, 7) is 8.13. The molecule has 1 aromatic carbocycles. The van der Waals surface area contributed by atoms with Crippen LogP contribution in [-0.4, -0.2) is 25.7 Å². The van der Waals surface area contributed by atoms with E-state index in [-0.39, 0.29) is 0 Å². The topological polar surface area (TPSA) is 24.1 Å². The molecule has 1 heterocycles. The minimum Gasteiger partial charge on any atom is -0.315 e. The van der Waals surface area contributed by atoms with Gasteiger partial charge in [-0.15, -0.1) is 0 Å². The smallest absolute Gasteiger partial charge is 0.0140 e. The van der Waals surface area contributed by atoms with E-state index >= 15 is 0 Å².